The third-order valence-electron chi connectivity index (χ3n) is 3.60. The van der Waals surface area contributed by atoms with Crippen LogP contribution in [0.2, 0.25) is 0 Å². The fraction of sp³-hybridized carbons (Fsp3) is 0.0500. The topological polar surface area (TPSA) is 26.3 Å². The minimum Gasteiger partial charge on any atom is -0.369 e. The van der Waals surface area contributed by atoms with E-state index in [4.69, 9.17) is 0 Å². The zero-order chi connectivity index (χ0) is 18.6. The van der Waals surface area contributed by atoms with E-state index in [1.54, 1.807) is 12.1 Å². The molecule has 0 bridgehead atoms. The Hall–Kier alpha value is -2.73. The molecule has 134 valence electrons. The summed E-state index contributed by atoms with van der Waals surface area (Å²) in [4.78, 5) is 14.7. The van der Waals surface area contributed by atoms with Gasteiger partial charge in [-0.1, -0.05) is 36.4 Å². The molecule has 26 heavy (non-hydrogen) atoms. The Bertz CT molecular complexity index is 824. The van der Waals surface area contributed by atoms with Crippen LogP contribution in [0.25, 0.3) is 0 Å². The number of esters is 1. The van der Waals surface area contributed by atoms with E-state index in [9.17, 15) is 18.0 Å². The number of ether oxygens (including phenoxy) is 1. The molecule has 0 saturated heterocycles. The lowest BCUT2D eigenvalue weighted by atomic mass is 10.2. The van der Waals surface area contributed by atoms with Crippen LogP contribution in [-0.2, 0) is 4.74 Å². The first kappa shape index (κ1) is 18.1. The maximum atomic E-state index is 12.2. The Labute approximate surface area is 151 Å². The van der Waals surface area contributed by atoms with Crippen LogP contribution in [0.1, 0.15) is 10.4 Å². The molecule has 0 saturated carbocycles. The van der Waals surface area contributed by atoms with Crippen LogP contribution in [0.3, 0.4) is 0 Å². The molecule has 3 aromatic rings. The molecule has 3 rings (SSSR count). The van der Waals surface area contributed by atoms with E-state index in [0.717, 1.165) is 14.7 Å². The van der Waals surface area contributed by atoms with E-state index in [-0.39, 0.29) is 5.56 Å². The van der Waals surface area contributed by atoms with Crippen molar-refractivity contribution in [3.8, 4) is 0 Å². The minimum atomic E-state index is -4.99. The minimum absolute atomic E-state index is 0.137. The SMILES string of the molecule is O=C(OC(F)(F)F)c1ccc([SH](c2ccccc2)c2ccccc2)cc1. The van der Waals surface area contributed by atoms with Crippen molar-refractivity contribution < 1.29 is 22.7 Å². The van der Waals surface area contributed by atoms with Crippen molar-refractivity contribution in [1.82, 2.24) is 0 Å². The third kappa shape index (κ3) is 4.46. The predicted molar refractivity (Wildman–Crippen MR) is 94.6 cm³/mol. The Morgan fingerprint density at radius 1 is 0.692 bits per heavy atom. The number of carbonyl (C=O) groups is 1. The third-order valence-corrected chi connectivity index (χ3v) is 6.04. The van der Waals surface area contributed by atoms with E-state index in [1.807, 2.05) is 60.7 Å². The largest absolute Gasteiger partial charge is 0.575 e. The van der Waals surface area contributed by atoms with Crippen LogP contribution in [0.15, 0.2) is 99.6 Å². The zero-order valence-electron chi connectivity index (χ0n) is 13.5. The molecule has 0 aliphatic rings. The maximum absolute atomic E-state index is 12.2. The van der Waals surface area contributed by atoms with Gasteiger partial charge in [0.05, 0.1) is 5.56 Å². The highest BCUT2D eigenvalue weighted by molar-refractivity contribution is 8.17. The van der Waals surface area contributed by atoms with E-state index in [0.29, 0.717) is 0 Å². The fourth-order valence-electron chi connectivity index (χ4n) is 2.51. The van der Waals surface area contributed by atoms with Gasteiger partial charge in [-0.15, -0.1) is 13.2 Å². The molecule has 3 aromatic carbocycles. The van der Waals surface area contributed by atoms with Gasteiger partial charge in [0.2, 0.25) is 0 Å². The van der Waals surface area contributed by atoms with Crippen molar-refractivity contribution in [1.29, 1.82) is 0 Å². The molecule has 0 radical (unpaired) electrons. The van der Waals surface area contributed by atoms with Gasteiger partial charge in [0.1, 0.15) is 0 Å². The van der Waals surface area contributed by atoms with Crippen LogP contribution >= 0.6 is 10.9 Å². The Morgan fingerprint density at radius 2 is 1.12 bits per heavy atom. The van der Waals surface area contributed by atoms with E-state index in [2.05, 4.69) is 4.74 Å². The van der Waals surface area contributed by atoms with Gasteiger partial charge in [0.25, 0.3) is 0 Å². The molecule has 0 N–H and O–H groups in total. The first-order valence-electron chi connectivity index (χ1n) is 7.74. The van der Waals surface area contributed by atoms with Crippen molar-refractivity contribution in [2.75, 3.05) is 0 Å². The number of hydrogen-bond donors (Lipinski definition) is 1. The highest BCUT2D eigenvalue weighted by Crippen LogP contribution is 2.51. The number of thiol groups is 1. The number of rotatable bonds is 4. The first-order valence-corrected chi connectivity index (χ1v) is 9.08. The van der Waals surface area contributed by atoms with Gasteiger partial charge in [-0.25, -0.2) is 4.79 Å². The van der Waals surface area contributed by atoms with Gasteiger partial charge in [0.15, 0.2) is 0 Å². The van der Waals surface area contributed by atoms with Crippen molar-refractivity contribution in [2.24, 2.45) is 0 Å². The van der Waals surface area contributed by atoms with E-state index in [1.165, 1.54) is 12.1 Å². The normalized spacial score (nSPS) is 11.7. The van der Waals surface area contributed by atoms with Crippen LogP contribution < -0.4 is 0 Å². The molecule has 0 fully saturated rings. The average molecular weight is 376 g/mol. The summed E-state index contributed by atoms with van der Waals surface area (Å²) in [6.07, 6.45) is -4.99. The Balaban J connectivity index is 1.94. The lowest BCUT2D eigenvalue weighted by molar-refractivity contribution is -0.291. The molecule has 0 aliphatic carbocycles. The van der Waals surface area contributed by atoms with Crippen LogP contribution in [0, 0.1) is 0 Å². The molecule has 0 amide bonds. The quantitative estimate of drug-likeness (QED) is 0.457. The molecule has 0 heterocycles. The summed E-state index contributed by atoms with van der Waals surface area (Å²) in [5.41, 5.74) is -0.137. The average Bonchev–Trinajstić information content (AvgIpc) is 2.63. The summed E-state index contributed by atoms with van der Waals surface area (Å²) < 4.78 is 40.1. The number of halogens is 3. The summed E-state index contributed by atoms with van der Waals surface area (Å²) in [6.45, 7) is 0. The summed E-state index contributed by atoms with van der Waals surface area (Å²) in [5, 5.41) is 0. The molecule has 0 aliphatic heterocycles. The van der Waals surface area contributed by atoms with Gasteiger partial charge in [-0.3, -0.25) is 0 Å². The van der Waals surface area contributed by atoms with Crippen LogP contribution in [0.5, 0.6) is 0 Å². The molecular weight excluding hydrogens is 361 g/mol. The standard InChI is InChI=1S/C20H15F3O2S/c21-20(22,23)25-19(24)15-11-13-18(14-12-15)26(16-7-3-1-4-8-16)17-9-5-2-6-10-17/h1-14,26H. The maximum Gasteiger partial charge on any atom is 0.575 e. The van der Waals surface area contributed by atoms with Crippen molar-refractivity contribution >= 4 is 16.9 Å². The predicted octanol–water partition coefficient (Wildman–Crippen LogP) is 5.84. The van der Waals surface area contributed by atoms with Gasteiger partial charge < -0.3 is 4.74 Å². The Kier molecular flexibility index (Phi) is 5.32. The van der Waals surface area contributed by atoms with Crippen LogP contribution in [-0.4, -0.2) is 12.3 Å². The highest BCUT2D eigenvalue weighted by atomic mass is 32.2. The van der Waals surface area contributed by atoms with Crippen molar-refractivity contribution in [3.63, 3.8) is 0 Å². The second-order valence-electron chi connectivity index (χ2n) is 5.39. The van der Waals surface area contributed by atoms with Crippen molar-refractivity contribution in [3.05, 3.63) is 90.5 Å². The molecule has 0 atom stereocenters. The number of benzene rings is 3. The van der Waals surface area contributed by atoms with Crippen LogP contribution in [0.4, 0.5) is 13.2 Å². The lowest BCUT2D eigenvalue weighted by Crippen LogP contribution is -2.19. The summed E-state index contributed by atoms with van der Waals surface area (Å²) in [5.74, 6) is -1.41. The Morgan fingerprint density at radius 3 is 1.54 bits per heavy atom. The van der Waals surface area contributed by atoms with Gasteiger partial charge >= 0.3 is 12.3 Å². The second-order valence-corrected chi connectivity index (χ2v) is 7.61. The summed E-state index contributed by atoms with van der Waals surface area (Å²) in [6, 6.07) is 25.8. The smallest absolute Gasteiger partial charge is 0.369 e. The molecule has 2 nitrogen and oxygen atoms in total. The molecule has 0 aromatic heterocycles. The zero-order valence-corrected chi connectivity index (χ0v) is 14.4. The molecular formula is C20H15F3O2S. The van der Waals surface area contributed by atoms with Gasteiger partial charge in [-0.2, -0.15) is 10.9 Å². The number of carbonyl (C=O) groups excluding carboxylic acids is 1. The monoisotopic (exact) mass is 376 g/mol. The van der Waals surface area contributed by atoms with Gasteiger partial charge in [-0.05, 0) is 63.2 Å². The number of alkyl halides is 3. The van der Waals surface area contributed by atoms with Crippen molar-refractivity contribution in [2.45, 2.75) is 21.0 Å². The fourth-order valence-corrected chi connectivity index (χ4v) is 4.79. The van der Waals surface area contributed by atoms with Gasteiger partial charge in [0, 0.05) is 0 Å². The summed E-state index contributed by atoms with van der Waals surface area (Å²) >= 11 is 0. The van der Waals surface area contributed by atoms with E-state index >= 15 is 0 Å². The van der Waals surface area contributed by atoms with E-state index < -0.39 is 23.2 Å². The molecule has 0 spiro atoms. The molecule has 6 heteroatoms. The first-order chi connectivity index (χ1) is 12.4. The lowest BCUT2D eigenvalue weighted by Gasteiger charge is -2.23. The number of hydrogen-bond acceptors (Lipinski definition) is 2. The summed E-state index contributed by atoms with van der Waals surface area (Å²) in [7, 11) is -0.879. The second kappa shape index (κ2) is 7.66. The highest BCUT2D eigenvalue weighted by Gasteiger charge is 2.34. The molecule has 0 unspecified atom stereocenters.